The first kappa shape index (κ1) is 22.7. The normalized spacial score (nSPS) is 17.1. The molecule has 3 aromatic rings. The van der Waals surface area contributed by atoms with Crippen molar-refractivity contribution in [2.24, 2.45) is 0 Å². The summed E-state index contributed by atoms with van der Waals surface area (Å²) in [5.41, 5.74) is 0.210. The molecule has 0 spiro atoms. The van der Waals surface area contributed by atoms with Crippen molar-refractivity contribution < 1.29 is 24.4 Å². The molecule has 9 nitrogen and oxygen atoms in total. The van der Waals surface area contributed by atoms with E-state index in [1.165, 1.54) is 24.4 Å². The van der Waals surface area contributed by atoms with Gasteiger partial charge in [-0.05, 0) is 48.4 Å². The predicted octanol–water partition coefficient (Wildman–Crippen LogP) is 4.40. The van der Waals surface area contributed by atoms with Crippen LogP contribution in [-0.2, 0) is 9.59 Å². The summed E-state index contributed by atoms with van der Waals surface area (Å²) in [6.45, 7) is 2.52. The predicted molar refractivity (Wildman–Crippen MR) is 124 cm³/mol. The molecule has 0 aliphatic carbocycles. The van der Waals surface area contributed by atoms with Crippen molar-refractivity contribution in [2.75, 3.05) is 11.5 Å². The Morgan fingerprint density at radius 3 is 2.53 bits per heavy atom. The van der Waals surface area contributed by atoms with Crippen LogP contribution in [-0.4, -0.2) is 33.3 Å². The van der Waals surface area contributed by atoms with E-state index >= 15 is 0 Å². The Morgan fingerprint density at radius 1 is 1.12 bits per heavy atom. The average molecular weight is 459 g/mol. The van der Waals surface area contributed by atoms with Gasteiger partial charge in [0.05, 0.1) is 23.1 Å². The molecule has 2 heterocycles. The molecule has 0 saturated carbocycles. The Morgan fingerprint density at radius 2 is 1.88 bits per heavy atom. The molecule has 2 aromatic carbocycles. The Labute approximate surface area is 195 Å². The molecular weight excluding hydrogens is 438 g/mol. The number of pyridine rings is 1. The number of ketones is 1. The number of aromatic nitrogens is 1. The third-order valence-corrected chi connectivity index (χ3v) is 5.34. The molecule has 1 aromatic heterocycles. The highest BCUT2D eigenvalue weighted by Crippen LogP contribution is 2.42. The van der Waals surface area contributed by atoms with Gasteiger partial charge >= 0.3 is 5.91 Å². The van der Waals surface area contributed by atoms with Gasteiger partial charge in [-0.15, -0.1) is 0 Å². The van der Waals surface area contributed by atoms with Gasteiger partial charge in [0.1, 0.15) is 17.3 Å². The largest absolute Gasteiger partial charge is 0.507 e. The second-order valence-electron chi connectivity index (χ2n) is 7.58. The average Bonchev–Trinajstić information content (AvgIpc) is 3.13. The van der Waals surface area contributed by atoms with Crippen LogP contribution in [0.3, 0.4) is 0 Å². The van der Waals surface area contributed by atoms with Crippen LogP contribution in [0.2, 0.25) is 0 Å². The number of non-ortho nitro benzene ring substituents is 1. The Kier molecular flexibility index (Phi) is 6.35. The molecule has 34 heavy (non-hydrogen) atoms. The van der Waals surface area contributed by atoms with Crippen molar-refractivity contribution in [3.63, 3.8) is 0 Å². The SMILES string of the molecule is CCCOc1ccc(C(O)=C2C(=O)C(=O)N(c3ccccn3)[C@@H]2c2cccc([N+](=O)[O-])c2)cc1. The molecule has 1 aliphatic rings. The minimum atomic E-state index is -1.11. The van der Waals surface area contributed by atoms with Gasteiger partial charge in [-0.3, -0.25) is 24.6 Å². The third kappa shape index (κ3) is 4.23. The number of carbonyl (C=O) groups excluding carboxylic acids is 2. The number of hydrogen-bond acceptors (Lipinski definition) is 7. The van der Waals surface area contributed by atoms with Crippen molar-refractivity contribution in [1.82, 2.24) is 4.98 Å². The molecule has 9 heteroatoms. The number of rotatable bonds is 7. The minimum absolute atomic E-state index is 0.182. The van der Waals surface area contributed by atoms with Crippen LogP contribution < -0.4 is 9.64 Å². The van der Waals surface area contributed by atoms with E-state index in [0.717, 1.165) is 11.3 Å². The van der Waals surface area contributed by atoms with Crippen LogP contribution in [0.4, 0.5) is 11.5 Å². The van der Waals surface area contributed by atoms with Crippen LogP contribution in [0.1, 0.15) is 30.5 Å². The van der Waals surface area contributed by atoms with Crippen LogP contribution in [0.15, 0.2) is 78.5 Å². The maximum absolute atomic E-state index is 13.1. The monoisotopic (exact) mass is 459 g/mol. The summed E-state index contributed by atoms with van der Waals surface area (Å²) in [7, 11) is 0. The number of anilines is 1. The zero-order valence-corrected chi connectivity index (χ0v) is 18.2. The van der Waals surface area contributed by atoms with Crippen LogP contribution in [0.25, 0.3) is 5.76 Å². The highest BCUT2D eigenvalue weighted by atomic mass is 16.6. The number of carbonyl (C=O) groups is 2. The zero-order valence-electron chi connectivity index (χ0n) is 18.2. The highest BCUT2D eigenvalue weighted by Gasteiger charge is 2.47. The van der Waals surface area contributed by atoms with E-state index in [9.17, 15) is 24.8 Å². The lowest BCUT2D eigenvalue weighted by atomic mass is 9.95. The first-order valence-corrected chi connectivity index (χ1v) is 10.6. The fourth-order valence-corrected chi connectivity index (χ4v) is 3.77. The maximum Gasteiger partial charge on any atom is 0.301 e. The van der Waals surface area contributed by atoms with E-state index < -0.39 is 28.4 Å². The van der Waals surface area contributed by atoms with E-state index in [0.29, 0.717) is 23.5 Å². The molecule has 1 N–H and O–H groups in total. The van der Waals surface area contributed by atoms with E-state index in [1.54, 1.807) is 48.5 Å². The molecule has 4 rings (SSSR count). The number of Topliss-reactive ketones (excluding diaryl/α,β-unsaturated/α-hetero) is 1. The number of benzene rings is 2. The van der Waals surface area contributed by atoms with Gasteiger partial charge in [-0.2, -0.15) is 0 Å². The number of aliphatic hydroxyl groups excluding tert-OH is 1. The number of amides is 1. The highest BCUT2D eigenvalue weighted by molar-refractivity contribution is 6.51. The number of ether oxygens (including phenoxy) is 1. The maximum atomic E-state index is 13.1. The third-order valence-electron chi connectivity index (χ3n) is 5.34. The van der Waals surface area contributed by atoms with Crippen molar-refractivity contribution in [1.29, 1.82) is 0 Å². The number of aliphatic hydroxyl groups is 1. The lowest BCUT2D eigenvalue weighted by molar-refractivity contribution is -0.384. The van der Waals surface area contributed by atoms with E-state index in [1.807, 2.05) is 6.92 Å². The molecule has 1 atom stereocenters. The summed E-state index contributed by atoms with van der Waals surface area (Å²) in [5.74, 6) is -1.41. The number of nitro benzene ring substituents is 1. The standard InChI is InChI=1S/C25H21N3O6/c1-2-14-34-19-11-9-16(10-12-19)23(29)21-22(17-6-5-7-18(15-17)28(32)33)27(25(31)24(21)30)20-8-3-4-13-26-20/h3-13,15,22,29H,2,14H2,1H3/t22-/m1/s1. The van der Waals surface area contributed by atoms with Crippen LogP contribution in [0, 0.1) is 10.1 Å². The van der Waals surface area contributed by atoms with Crippen LogP contribution >= 0.6 is 0 Å². The van der Waals surface area contributed by atoms with Gasteiger partial charge in [0.25, 0.3) is 11.5 Å². The minimum Gasteiger partial charge on any atom is -0.507 e. The zero-order chi connectivity index (χ0) is 24.2. The molecule has 0 bridgehead atoms. The first-order valence-electron chi connectivity index (χ1n) is 10.6. The molecule has 1 amide bonds. The summed E-state index contributed by atoms with van der Waals surface area (Å²) in [4.78, 5) is 42.3. The van der Waals surface area contributed by atoms with Crippen LogP contribution in [0.5, 0.6) is 5.75 Å². The smallest absolute Gasteiger partial charge is 0.301 e. The van der Waals surface area contributed by atoms with Gasteiger partial charge < -0.3 is 9.84 Å². The van der Waals surface area contributed by atoms with E-state index in [4.69, 9.17) is 4.74 Å². The van der Waals surface area contributed by atoms with Crippen molar-refractivity contribution in [3.05, 3.63) is 99.7 Å². The van der Waals surface area contributed by atoms with E-state index in [-0.39, 0.29) is 17.1 Å². The number of nitrogens with zero attached hydrogens (tertiary/aromatic N) is 3. The molecule has 0 radical (unpaired) electrons. The summed E-state index contributed by atoms with van der Waals surface area (Å²) < 4.78 is 5.56. The lowest BCUT2D eigenvalue weighted by Crippen LogP contribution is -2.30. The molecule has 1 saturated heterocycles. The fourth-order valence-electron chi connectivity index (χ4n) is 3.77. The van der Waals surface area contributed by atoms with Gasteiger partial charge in [0.15, 0.2) is 0 Å². The van der Waals surface area contributed by atoms with Gasteiger partial charge in [-0.25, -0.2) is 4.98 Å². The second-order valence-corrected chi connectivity index (χ2v) is 7.58. The lowest BCUT2D eigenvalue weighted by Gasteiger charge is -2.24. The van der Waals surface area contributed by atoms with Gasteiger partial charge in [-0.1, -0.05) is 25.1 Å². The fraction of sp³-hybridized carbons (Fsp3) is 0.160. The quantitative estimate of drug-likeness (QED) is 0.183. The Hall–Kier alpha value is -4.53. The van der Waals surface area contributed by atoms with Crippen molar-refractivity contribution in [3.8, 4) is 5.75 Å². The molecule has 1 fully saturated rings. The van der Waals surface area contributed by atoms with Crippen molar-refractivity contribution in [2.45, 2.75) is 19.4 Å². The summed E-state index contributed by atoms with van der Waals surface area (Å²) in [6, 6.07) is 15.8. The molecular formula is C25H21N3O6. The number of nitro groups is 1. The number of hydrogen-bond donors (Lipinski definition) is 1. The summed E-state index contributed by atoms with van der Waals surface area (Å²) >= 11 is 0. The second kappa shape index (κ2) is 9.53. The summed E-state index contributed by atoms with van der Waals surface area (Å²) in [5, 5.41) is 22.5. The molecule has 172 valence electrons. The molecule has 1 aliphatic heterocycles. The van der Waals surface area contributed by atoms with Gasteiger partial charge in [0.2, 0.25) is 0 Å². The first-order chi connectivity index (χ1) is 16.4. The van der Waals surface area contributed by atoms with Crippen molar-refractivity contribution >= 4 is 29.0 Å². The summed E-state index contributed by atoms with van der Waals surface area (Å²) in [6.07, 6.45) is 2.30. The van der Waals surface area contributed by atoms with Gasteiger partial charge in [0, 0.05) is 23.9 Å². The topological polar surface area (TPSA) is 123 Å². The Balaban J connectivity index is 1.87. The molecule has 0 unspecified atom stereocenters. The van der Waals surface area contributed by atoms with E-state index in [2.05, 4.69) is 4.98 Å². The Bertz CT molecular complexity index is 1270.